The van der Waals surface area contributed by atoms with E-state index < -0.39 is 0 Å². The maximum absolute atomic E-state index is 12.6. The van der Waals surface area contributed by atoms with Crippen molar-refractivity contribution < 1.29 is 9.53 Å². The molecule has 0 spiro atoms. The lowest BCUT2D eigenvalue weighted by Gasteiger charge is -2.33. The molecule has 3 atom stereocenters. The highest BCUT2D eigenvalue weighted by Crippen LogP contribution is 2.35. The number of aryl methyl sites for hydroxylation is 1. The predicted molar refractivity (Wildman–Crippen MR) is 106 cm³/mol. The topological polar surface area (TPSA) is 41.6 Å². The Balaban J connectivity index is 1.52. The first-order valence-corrected chi connectivity index (χ1v) is 10.2. The van der Waals surface area contributed by atoms with Crippen molar-refractivity contribution in [3.63, 3.8) is 0 Å². The number of fused-ring (bicyclic) bond motifs is 1. The highest BCUT2D eigenvalue weighted by atomic mass is 16.5. The Hall–Kier alpha value is -1.55. The average Bonchev–Trinajstić information content (AvgIpc) is 2.61. The van der Waals surface area contributed by atoms with Crippen LogP contribution in [0.3, 0.4) is 0 Å². The molecule has 1 fully saturated rings. The largest absolute Gasteiger partial charge is 0.497 e. The number of hydrogen-bond acceptors (Lipinski definition) is 3. The van der Waals surface area contributed by atoms with Crippen LogP contribution in [0.4, 0.5) is 0 Å². The van der Waals surface area contributed by atoms with Gasteiger partial charge < -0.3 is 15.0 Å². The highest BCUT2D eigenvalue weighted by molar-refractivity contribution is 5.77. The molecule has 3 unspecified atom stereocenters. The molecule has 1 aromatic rings. The van der Waals surface area contributed by atoms with Gasteiger partial charge >= 0.3 is 0 Å². The number of nitrogens with zero attached hydrogens (tertiary/aromatic N) is 1. The summed E-state index contributed by atoms with van der Waals surface area (Å²) in [7, 11) is 1.71. The summed E-state index contributed by atoms with van der Waals surface area (Å²) in [5.41, 5.74) is 2.69. The van der Waals surface area contributed by atoms with Crippen molar-refractivity contribution in [1.82, 2.24) is 10.2 Å². The number of methoxy groups -OCH3 is 1. The van der Waals surface area contributed by atoms with Gasteiger partial charge in [-0.05, 0) is 80.7 Å². The molecular weight excluding hydrogens is 324 g/mol. The second-order valence-corrected chi connectivity index (χ2v) is 8.33. The number of carbonyl (C=O) groups is 1. The number of ether oxygens (including phenoxy) is 1. The molecule has 0 bridgehead atoms. The lowest BCUT2D eigenvalue weighted by molar-refractivity contribution is -0.122. The predicted octanol–water partition coefficient (Wildman–Crippen LogP) is 3.74. The molecule has 1 amide bonds. The minimum Gasteiger partial charge on any atom is -0.497 e. The van der Waals surface area contributed by atoms with Gasteiger partial charge in [0.25, 0.3) is 0 Å². The SMILES string of the molecule is COc1ccc2c(c1)CCCC2CC(=O)NC(C)CN1CCCC(C)C1. The van der Waals surface area contributed by atoms with E-state index in [0.717, 1.165) is 44.0 Å². The zero-order valence-corrected chi connectivity index (χ0v) is 16.6. The van der Waals surface area contributed by atoms with Crippen molar-refractivity contribution in [1.29, 1.82) is 0 Å². The van der Waals surface area contributed by atoms with E-state index in [1.54, 1.807) is 7.11 Å². The van der Waals surface area contributed by atoms with E-state index in [0.29, 0.717) is 12.3 Å². The van der Waals surface area contributed by atoms with Crippen molar-refractivity contribution in [3.05, 3.63) is 29.3 Å². The van der Waals surface area contributed by atoms with Crippen LogP contribution >= 0.6 is 0 Å². The normalized spacial score (nSPS) is 24.6. The summed E-state index contributed by atoms with van der Waals surface area (Å²) in [5.74, 6) is 2.23. The zero-order valence-electron chi connectivity index (χ0n) is 16.6. The van der Waals surface area contributed by atoms with Crippen LogP contribution in [0.25, 0.3) is 0 Å². The third-order valence-electron chi connectivity index (χ3n) is 5.90. The van der Waals surface area contributed by atoms with Gasteiger partial charge in [0.15, 0.2) is 0 Å². The Labute approximate surface area is 158 Å². The maximum Gasteiger partial charge on any atom is 0.220 e. The molecule has 1 N–H and O–H groups in total. The third kappa shape index (κ3) is 5.00. The van der Waals surface area contributed by atoms with E-state index >= 15 is 0 Å². The number of hydrogen-bond donors (Lipinski definition) is 1. The van der Waals surface area contributed by atoms with Crippen molar-refractivity contribution >= 4 is 5.91 Å². The second kappa shape index (κ2) is 8.90. The summed E-state index contributed by atoms with van der Waals surface area (Å²) >= 11 is 0. The fraction of sp³-hybridized carbons (Fsp3) is 0.682. The van der Waals surface area contributed by atoms with Crippen molar-refractivity contribution in [2.45, 2.75) is 64.3 Å². The number of benzene rings is 1. The lowest BCUT2D eigenvalue weighted by atomic mass is 9.81. The zero-order chi connectivity index (χ0) is 18.5. The Kier molecular flexibility index (Phi) is 6.58. The Bertz CT molecular complexity index is 616. The van der Waals surface area contributed by atoms with E-state index in [1.165, 1.54) is 30.5 Å². The first-order valence-electron chi connectivity index (χ1n) is 10.2. The molecule has 1 aromatic carbocycles. The molecule has 144 valence electrons. The summed E-state index contributed by atoms with van der Waals surface area (Å²) in [6, 6.07) is 6.53. The maximum atomic E-state index is 12.6. The highest BCUT2D eigenvalue weighted by Gasteiger charge is 2.24. The Morgan fingerprint density at radius 2 is 2.19 bits per heavy atom. The minimum atomic E-state index is 0.191. The number of likely N-dealkylation sites (tertiary alicyclic amines) is 1. The van der Waals surface area contributed by atoms with Crippen molar-refractivity contribution in [2.24, 2.45) is 5.92 Å². The molecule has 4 nitrogen and oxygen atoms in total. The van der Waals surface area contributed by atoms with Gasteiger partial charge in [0.1, 0.15) is 5.75 Å². The van der Waals surface area contributed by atoms with Gasteiger partial charge in [0.2, 0.25) is 5.91 Å². The van der Waals surface area contributed by atoms with Gasteiger partial charge in [0, 0.05) is 25.6 Å². The molecule has 0 radical (unpaired) electrons. The number of nitrogens with one attached hydrogen (secondary N) is 1. The lowest BCUT2D eigenvalue weighted by Crippen LogP contribution is -2.45. The van der Waals surface area contributed by atoms with Crippen LogP contribution in [0.5, 0.6) is 5.75 Å². The van der Waals surface area contributed by atoms with Crippen molar-refractivity contribution in [3.8, 4) is 5.75 Å². The first kappa shape index (κ1) is 19.2. The monoisotopic (exact) mass is 358 g/mol. The molecule has 2 aliphatic rings. The molecule has 1 aliphatic carbocycles. The van der Waals surface area contributed by atoms with E-state index in [-0.39, 0.29) is 11.9 Å². The van der Waals surface area contributed by atoms with E-state index in [2.05, 4.69) is 36.2 Å². The molecular formula is C22H34N2O2. The van der Waals surface area contributed by atoms with Gasteiger partial charge in [0.05, 0.1) is 7.11 Å². The minimum absolute atomic E-state index is 0.191. The molecule has 3 rings (SSSR count). The van der Waals surface area contributed by atoms with Crippen molar-refractivity contribution in [2.75, 3.05) is 26.7 Å². The van der Waals surface area contributed by atoms with Crippen LogP contribution in [0, 0.1) is 5.92 Å². The summed E-state index contributed by atoms with van der Waals surface area (Å²) in [6.45, 7) is 7.76. The number of piperidine rings is 1. The van der Waals surface area contributed by atoms with E-state index in [4.69, 9.17) is 4.74 Å². The summed E-state index contributed by atoms with van der Waals surface area (Å²) in [5, 5.41) is 3.24. The van der Waals surface area contributed by atoms with Crippen LogP contribution in [0.15, 0.2) is 18.2 Å². The number of rotatable bonds is 6. The molecule has 26 heavy (non-hydrogen) atoms. The fourth-order valence-electron chi connectivity index (χ4n) is 4.67. The molecule has 1 saturated heterocycles. The van der Waals surface area contributed by atoms with E-state index in [1.807, 2.05) is 6.07 Å². The first-order chi connectivity index (χ1) is 12.5. The summed E-state index contributed by atoms with van der Waals surface area (Å²) in [6.07, 6.45) is 6.56. The van der Waals surface area contributed by atoms with Crippen LogP contribution in [-0.4, -0.2) is 43.6 Å². The van der Waals surface area contributed by atoms with Crippen LogP contribution in [0.2, 0.25) is 0 Å². The van der Waals surface area contributed by atoms with Gasteiger partial charge in [-0.15, -0.1) is 0 Å². The average molecular weight is 359 g/mol. The molecule has 1 heterocycles. The smallest absolute Gasteiger partial charge is 0.220 e. The molecule has 4 heteroatoms. The standard InChI is InChI=1S/C22H34N2O2/c1-16-6-5-11-24(14-16)15-17(2)23-22(25)13-19-8-4-7-18-12-20(26-3)9-10-21(18)19/h9-10,12,16-17,19H,4-8,11,13-15H2,1-3H3,(H,23,25). The fourth-order valence-corrected chi connectivity index (χ4v) is 4.67. The van der Waals surface area contributed by atoms with Crippen LogP contribution in [-0.2, 0) is 11.2 Å². The number of carbonyl (C=O) groups excluding carboxylic acids is 1. The molecule has 0 aromatic heterocycles. The second-order valence-electron chi connectivity index (χ2n) is 8.33. The molecule has 1 aliphatic heterocycles. The van der Waals surface area contributed by atoms with Crippen LogP contribution in [0.1, 0.15) is 63.0 Å². The van der Waals surface area contributed by atoms with Gasteiger partial charge in [-0.25, -0.2) is 0 Å². The van der Waals surface area contributed by atoms with Gasteiger partial charge in [-0.2, -0.15) is 0 Å². The Morgan fingerprint density at radius 1 is 1.35 bits per heavy atom. The van der Waals surface area contributed by atoms with Crippen LogP contribution < -0.4 is 10.1 Å². The Morgan fingerprint density at radius 3 is 2.96 bits per heavy atom. The van der Waals surface area contributed by atoms with E-state index in [9.17, 15) is 4.79 Å². The van der Waals surface area contributed by atoms with Gasteiger partial charge in [-0.3, -0.25) is 4.79 Å². The number of amides is 1. The third-order valence-corrected chi connectivity index (χ3v) is 5.90. The van der Waals surface area contributed by atoms with Gasteiger partial charge in [-0.1, -0.05) is 13.0 Å². The molecule has 0 saturated carbocycles. The quantitative estimate of drug-likeness (QED) is 0.842. The summed E-state index contributed by atoms with van der Waals surface area (Å²) in [4.78, 5) is 15.1. The summed E-state index contributed by atoms with van der Waals surface area (Å²) < 4.78 is 5.34.